The molecule has 0 atom stereocenters. The zero-order valence-corrected chi connectivity index (χ0v) is 14.2. The van der Waals surface area contributed by atoms with E-state index in [1.165, 1.54) is 27.2 Å². The highest BCUT2D eigenvalue weighted by molar-refractivity contribution is 7.18. The molecule has 0 aliphatic heterocycles. The number of nitrogens with zero attached hydrogens (tertiary/aromatic N) is 2. The van der Waals surface area contributed by atoms with Gasteiger partial charge in [-0.3, -0.25) is 4.79 Å². The lowest BCUT2D eigenvalue weighted by molar-refractivity contribution is 0.100. The van der Waals surface area contributed by atoms with Gasteiger partial charge in [0.1, 0.15) is 0 Å². The smallest absolute Gasteiger partial charge is 0.289 e. The Kier molecular flexibility index (Phi) is 3.73. The average Bonchev–Trinajstić information content (AvgIpc) is 3.00. The third-order valence-corrected chi connectivity index (χ3v) is 5.81. The minimum Gasteiger partial charge on any atom is -0.319 e. The summed E-state index contributed by atoms with van der Waals surface area (Å²) in [6, 6.07) is 7.62. The van der Waals surface area contributed by atoms with Crippen LogP contribution in [0.15, 0.2) is 29.3 Å². The van der Waals surface area contributed by atoms with Gasteiger partial charge in [0.05, 0.1) is 19.4 Å². The molecule has 0 saturated carbocycles. The lowest BCUT2D eigenvalue weighted by Crippen LogP contribution is -2.13. The van der Waals surface area contributed by atoms with Gasteiger partial charge in [-0.05, 0) is 37.1 Å². The highest BCUT2D eigenvalue weighted by atomic mass is 35.5. The molecular weight excluding hydrogens is 324 g/mol. The van der Waals surface area contributed by atoms with Crippen molar-refractivity contribution in [3.63, 3.8) is 0 Å². The summed E-state index contributed by atoms with van der Waals surface area (Å²) in [5.41, 5.74) is 3.52. The van der Waals surface area contributed by atoms with E-state index in [0.29, 0.717) is 14.0 Å². The van der Waals surface area contributed by atoms with E-state index in [1.807, 2.05) is 11.6 Å². The maximum absolute atomic E-state index is 12.2. The number of fused-ring (bicyclic) bond motifs is 1. The van der Waals surface area contributed by atoms with Crippen LogP contribution < -0.4 is 4.80 Å². The number of thiazole rings is 1. The Morgan fingerprint density at radius 2 is 1.86 bits per heavy atom. The number of hydrogen-bond donors (Lipinski definition) is 0. The van der Waals surface area contributed by atoms with Crippen molar-refractivity contribution in [1.82, 2.24) is 4.57 Å². The molecule has 108 valence electrons. The number of carbonyl (C=O) groups excluding carboxylic acids is 1. The number of benzene rings is 1. The Balaban J connectivity index is 2.19. The minimum absolute atomic E-state index is 0.246. The molecule has 0 radical (unpaired) electrons. The third-order valence-electron chi connectivity index (χ3n) is 3.33. The standard InChI is InChI=1S/C15H13ClN2OS2/c1-8-4-5-9(2)13-12(8)18(3)15(21-13)17-14(19)10-6-7-11(16)20-10/h4-7H,1-3H3. The molecular formula is C15H13ClN2OS2. The van der Waals surface area contributed by atoms with Gasteiger partial charge in [0.25, 0.3) is 5.91 Å². The molecule has 0 aliphatic rings. The van der Waals surface area contributed by atoms with Crippen molar-refractivity contribution >= 4 is 50.4 Å². The summed E-state index contributed by atoms with van der Waals surface area (Å²) >= 11 is 8.66. The molecule has 1 amide bonds. The molecule has 3 nitrogen and oxygen atoms in total. The number of thiophene rings is 1. The minimum atomic E-state index is -0.246. The van der Waals surface area contributed by atoms with Crippen molar-refractivity contribution in [2.45, 2.75) is 13.8 Å². The van der Waals surface area contributed by atoms with Crippen LogP contribution in [0.2, 0.25) is 4.34 Å². The topological polar surface area (TPSA) is 34.4 Å². The molecule has 0 fully saturated rings. The molecule has 21 heavy (non-hydrogen) atoms. The van der Waals surface area contributed by atoms with Crippen LogP contribution in [0.1, 0.15) is 20.8 Å². The van der Waals surface area contributed by atoms with Gasteiger partial charge in [0.2, 0.25) is 0 Å². The Morgan fingerprint density at radius 1 is 1.14 bits per heavy atom. The highest BCUT2D eigenvalue weighted by Crippen LogP contribution is 2.25. The number of aryl methyl sites for hydroxylation is 3. The normalized spacial score (nSPS) is 12.3. The molecule has 1 aromatic carbocycles. The molecule has 3 rings (SSSR count). The highest BCUT2D eigenvalue weighted by Gasteiger charge is 2.11. The average molecular weight is 337 g/mol. The molecule has 2 heterocycles. The van der Waals surface area contributed by atoms with Crippen molar-refractivity contribution in [2.24, 2.45) is 12.0 Å². The van der Waals surface area contributed by atoms with E-state index < -0.39 is 0 Å². The second-order valence-corrected chi connectivity index (χ2v) is 7.53. The molecule has 3 aromatic rings. The van der Waals surface area contributed by atoms with Crippen LogP contribution in [-0.2, 0) is 7.05 Å². The van der Waals surface area contributed by atoms with Crippen molar-refractivity contribution in [1.29, 1.82) is 0 Å². The van der Waals surface area contributed by atoms with E-state index in [2.05, 4.69) is 31.0 Å². The van der Waals surface area contributed by atoms with E-state index in [1.54, 1.807) is 23.5 Å². The summed E-state index contributed by atoms with van der Waals surface area (Å²) in [7, 11) is 1.94. The summed E-state index contributed by atoms with van der Waals surface area (Å²) in [6.07, 6.45) is 0. The predicted octanol–water partition coefficient (Wildman–Crippen LogP) is 4.31. The molecule has 0 N–H and O–H groups in total. The van der Waals surface area contributed by atoms with Crippen LogP contribution >= 0.6 is 34.3 Å². The summed E-state index contributed by atoms with van der Waals surface area (Å²) in [5, 5.41) is 0. The quantitative estimate of drug-likeness (QED) is 0.652. The van der Waals surface area contributed by atoms with Gasteiger partial charge in [0.15, 0.2) is 4.80 Å². The van der Waals surface area contributed by atoms with E-state index in [9.17, 15) is 4.79 Å². The van der Waals surface area contributed by atoms with Crippen LogP contribution in [0.5, 0.6) is 0 Å². The fourth-order valence-corrected chi connectivity index (χ4v) is 4.33. The largest absolute Gasteiger partial charge is 0.319 e. The first-order chi connectivity index (χ1) is 9.97. The van der Waals surface area contributed by atoms with Crippen molar-refractivity contribution < 1.29 is 4.79 Å². The summed E-state index contributed by atoms with van der Waals surface area (Å²) in [4.78, 5) is 17.7. The Morgan fingerprint density at radius 3 is 2.48 bits per heavy atom. The molecule has 6 heteroatoms. The zero-order valence-electron chi connectivity index (χ0n) is 11.8. The second kappa shape index (κ2) is 5.40. The molecule has 0 bridgehead atoms. The van der Waals surface area contributed by atoms with Crippen molar-refractivity contribution in [2.75, 3.05) is 0 Å². The molecule has 0 aliphatic carbocycles. The SMILES string of the molecule is Cc1ccc(C)c2c1sc(=NC(=O)c1ccc(Cl)s1)n2C. The maximum atomic E-state index is 12.2. The number of aromatic nitrogens is 1. The van der Waals surface area contributed by atoms with Gasteiger partial charge in [-0.1, -0.05) is 35.1 Å². The van der Waals surface area contributed by atoms with Crippen molar-refractivity contribution in [3.8, 4) is 0 Å². The first kappa shape index (κ1) is 14.5. The van der Waals surface area contributed by atoms with Gasteiger partial charge in [-0.25, -0.2) is 0 Å². The van der Waals surface area contributed by atoms with Crippen LogP contribution in [0, 0.1) is 13.8 Å². The lowest BCUT2D eigenvalue weighted by atomic mass is 10.1. The van der Waals surface area contributed by atoms with Gasteiger partial charge >= 0.3 is 0 Å². The summed E-state index contributed by atoms with van der Waals surface area (Å²) in [6.45, 7) is 4.14. The summed E-state index contributed by atoms with van der Waals surface area (Å²) in [5.74, 6) is -0.246. The molecule has 0 spiro atoms. The number of carbonyl (C=O) groups is 1. The van der Waals surface area contributed by atoms with E-state index >= 15 is 0 Å². The second-order valence-electron chi connectivity index (χ2n) is 4.84. The first-order valence-electron chi connectivity index (χ1n) is 6.37. The van der Waals surface area contributed by atoms with Gasteiger partial charge in [0, 0.05) is 7.05 Å². The summed E-state index contributed by atoms with van der Waals surface area (Å²) < 4.78 is 3.75. The Hall–Kier alpha value is -1.43. The van der Waals surface area contributed by atoms with Crippen LogP contribution in [0.3, 0.4) is 0 Å². The third kappa shape index (κ3) is 2.57. The Bertz CT molecular complexity index is 918. The van der Waals surface area contributed by atoms with E-state index in [4.69, 9.17) is 11.6 Å². The van der Waals surface area contributed by atoms with E-state index in [0.717, 1.165) is 5.52 Å². The van der Waals surface area contributed by atoms with Gasteiger partial charge in [-0.2, -0.15) is 4.99 Å². The van der Waals surface area contributed by atoms with E-state index in [-0.39, 0.29) is 5.91 Å². The Labute approximate surface area is 135 Å². The number of amides is 1. The van der Waals surface area contributed by atoms with Crippen LogP contribution in [0.4, 0.5) is 0 Å². The van der Waals surface area contributed by atoms with Crippen LogP contribution in [-0.4, -0.2) is 10.5 Å². The number of hydrogen-bond acceptors (Lipinski definition) is 3. The zero-order chi connectivity index (χ0) is 15.1. The van der Waals surface area contributed by atoms with Gasteiger partial charge in [-0.15, -0.1) is 11.3 Å². The molecule has 2 aromatic heterocycles. The fraction of sp³-hybridized carbons (Fsp3) is 0.200. The first-order valence-corrected chi connectivity index (χ1v) is 8.38. The lowest BCUT2D eigenvalue weighted by Gasteiger charge is -2.01. The molecule has 0 unspecified atom stereocenters. The fourth-order valence-electron chi connectivity index (χ4n) is 2.24. The van der Waals surface area contributed by atoms with Gasteiger partial charge < -0.3 is 4.57 Å². The number of halogens is 1. The predicted molar refractivity (Wildman–Crippen MR) is 89.5 cm³/mol. The number of rotatable bonds is 1. The monoisotopic (exact) mass is 336 g/mol. The van der Waals surface area contributed by atoms with Crippen molar-refractivity contribution in [3.05, 3.63) is 49.4 Å². The van der Waals surface area contributed by atoms with Crippen LogP contribution in [0.25, 0.3) is 10.2 Å². The molecule has 0 saturated heterocycles. The maximum Gasteiger partial charge on any atom is 0.289 e.